The van der Waals surface area contributed by atoms with E-state index in [1.54, 1.807) is 0 Å². The third kappa shape index (κ3) is 3.85. The van der Waals surface area contributed by atoms with Crippen molar-refractivity contribution in [3.8, 4) is 0 Å². The Bertz CT molecular complexity index is 636. The van der Waals surface area contributed by atoms with E-state index in [2.05, 4.69) is 13.8 Å². The lowest BCUT2D eigenvalue weighted by Gasteiger charge is -2.14. The highest BCUT2D eigenvalue weighted by Gasteiger charge is 2.16. The molecule has 2 aromatic rings. The molecular weight excluding hydrogens is 274 g/mol. The van der Waals surface area contributed by atoms with Crippen molar-refractivity contribution in [3.05, 3.63) is 41.6 Å². The summed E-state index contributed by atoms with van der Waals surface area (Å²) in [5.74, 6) is 0.0902. The number of carbonyl (C=O) groups is 1. The first-order chi connectivity index (χ1) is 10.7. The van der Waals surface area contributed by atoms with Crippen LogP contribution in [0.15, 0.2) is 30.3 Å². The Kier molecular flexibility index (Phi) is 5.93. The van der Waals surface area contributed by atoms with Gasteiger partial charge in [0.1, 0.15) is 0 Å². The molecule has 0 fully saturated rings. The summed E-state index contributed by atoms with van der Waals surface area (Å²) in [4.78, 5) is 17.0. The molecule has 0 amide bonds. The fourth-order valence-electron chi connectivity index (χ4n) is 2.67. The summed E-state index contributed by atoms with van der Waals surface area (Å²) in [7, 11) is 0. The molecule has 0 spiro atoms. The molecule has 0 radical (unpaired) electrons. The number of hydrogen-bond donors (Lipinski definition) is 0. The molecule has 1 atom stereocenters. The zero-order valence-corrected chi connectivity index (χ0v) is 13.8. The van der Waals surface area contributed by atoms with E-state index in [0.717, 1.165) is 23.0 Å². The van der Waals surface area contributed by atoms with Crippen molar-refractivity contribution in [2.24, 2.45) is 0 Å². The zero-order chi connectivity index (χ0) is 15.9. The Morgan fingerprint density at radius 3 is 2.73 bits per heavy atom. The predicted octanol–water partition coefficient (Wildman–Crippen LogP) is 5.10. The quantitative estimate of drug-likeness (QED) is 0.527. The molecule has 1 aromatic heterocycles. The highest BCUT2D eigenvalue weighted by molar-refractivity contribution is 6.03. The van der Waals surface area contributed by atoms with Gasteiger partial charge in [0.05, 0.1) is 17.7 Å². The van der Waals surface area contributed by atoms with Gasteiger partial charge in [0, 0.05) is 11.1 Å². The van der Waals surface area contributed by atoms with Crippen LogP contribution in [0.4, 0.5) is 0 Å². The van der Waals surface area contributed by atoms with Gasteiger partial charge in [-0.2, -0.15) is 0 Å². The lowest BCUT2D eigenvalue weighted by Crippen LogP contribution is -2.08. The van der Waals surface area contributed by atoms with Gasteiger partial charge >= 0.3 is 5.97 Å². The minimum Gasteiger partial charge on any atom is -0.462 e. The van der Waals surface area contributed by atoms with Crippen molar-refractivity contribution in [1.29, 1.82) is 0 Å². The normalized spacial score (nSPS) is 12.3. The van der Waals surface area contributed by atoms with Gasteiger partial charge in [0.2, 0.25) is 0 Å². The minimum atomic E-state index is -0.261. The summed E-state index contributed by atoms with van der Waals surface area (Å²) in [5.41, 5.74) is 2.48. The Hall–Kier alpha value is -1.90. The van der Waals surface area contributed by atoms with Gasteiger partial charge in [-0.25, -0.2) is 4.79 Å². The van der Waals surface area contributed by atoms with Crippen LogP contribution in [-0.2, 0) is 4.74 Å². The number of benzene rings is 1. The standard InChI is InChI=1S/C19H25NO2/c1-4-6-7-10-14(3)18-13-16(19(21)22-5-2)15-11-8-9-12-17(15)20-18/h8-9,11-14H,4-7,10H2,1-3H3. The Balaban J connectivity index is 2.37. The monoisotopic (exact) mass is 299 g/mol. The van der Waals surface area contributed by atoms with Crippen molar-refractivity contribution in [1.82, 2.24) is 4.98 Å². The molecule has 1 unspecified atom stereocenters. The van der Waals surface area contributed by atoms with E-state index in [4.69, 9.17) is 9.72 Å². The third-order valence-corrected chi connectivity index (χ3v) is 3.98. The van der Waals surface area contributed by atoms with Crippen LogP contribution in [0.5, 0.6) is 0 Å². The van der Waals surface area contributed by atoms with Gasteiger partial charge in [0.15, 0.2) is 0 Å². The maximum absolute atomic E-state index is 12.2. The number of ether oxygens (including phenoxy) is 1. The van der Waals surface area contributed by atoms with Crippen molar-refractivity contribution in [3.63, 3.8) is 0 Å². The molecule has 0 bridgehead atoms. The number of aromatic nitrogens is 1. The summed E-state index contributed by atoms with van der Waals surface area (Å²) in [6, 6.07) is 9.68. The Morgan fingerprint density at radius 1 is 1.23 bits per heavy atom. The zero-order valence-electron chi connectivity index (χ0n) is 13.8. The largest absolute Gasteiger partial charge is 0.462 e. The molecule has 3 heteroatoms. The number of para-hydroxylation sites is 1. The van der Waals surface area contributed by atoms with E-state index in [9.17, 15) is 4.79 Å². The van der Waals surface area contributed by atoms with Gasteiger partial charge < -0.3 is 4.74 Å². The van der Waals surface area contributed by atoms with Gasteiger partial charge in [-0.1, -0.05) is 51.3 Å². The number of unbranched alkanes of at least 4 members (excludes halogenated alkanes) is 2. The van der Waals surface area contributed by atoms with E-state index in [-0.39, 0.29) is 5.97 Å². The molecule has 0 aliphatic carbocycles. The molecular formula is C19H25NO2. The van der Waals surface area contributed by atoms with E-state index >= 15 is 0 Å². The smallest absolute Gasteiger partial charge is 0.338 e. The van der Waals surface area contributed by atoms with Gasteiger partial charge in [-0.3, -0.25) is 4.98 Å². The van der Waals surface area contributed by atoms with Crippen LogP contribution < -0.4 is 0 Å². The summed E-state index contributed by atoms with van der Waals surface area (Å²) < 4.78 is 5.20. The van der Waals surface area contributed by atoms with Crippen molar-refractivity contribution < 1.29 is 9.53 Å². The number of hydrogen-bond acceptors (Lipinski definition) is 3. The van der Waals surface area contributed by atoms with Crippen molar-refractivity contribution >= 4 is 16.9 Å². The van der Waals surface area contributed by atoms with Crippen LogP contribution in [0.2, 0.25) is 0 Å². The van der Waals surface area contributed by atoms with Crippen LogP contribution in [0.3, 0.4) is 0 Å². The fourth-order valence-corrected chi connectivity index (χ4v) is 2.67. The Labute approximate surface area is 132 Å². The van der Waals surface area contributed by atoms with E-state index in [0.29, 0.717) is 18.1 Å². The second-order valence-electron chi connectivity index (χ2n) is 5.73. The SMILES string of the molecule is CCCCCC(C)c1cc(C(=O)OCC)c2ccccc2n1. The number of carbonyl (C=O) groups excluding carboxylic acids is 1. The first-order valence-corrected chi connectivity index (χ1v) is 8.24. The van der Waals surface area contributed by atoms with Gasteiger partial charge in [-0.05, 0) is 31.4 Å². The molecule has 0 N–H and O–H groups in total. The van der Waals surface area contributed by atoms with E-state index < -0.39 is 0 Å². The fraction of sp³-hybridized carbons (Fsp3) is 0.474. The molecule has 0 saturated carbocycles. The molecule has 3 nitrogen and oxygen atoms in total. The number of esters is 1. The van der Waals surface area contributed by atoms with Crippen molar-refractivity contribution in [2.45, 2.75) is 52.4 Å². The molecule has 1 aromatic carbocycles. The minimum absolute atomic E-state index is 0.261. The molecule has 2 rings (SSSR count). The maximum atomic E-state index is 12.2. The molecule has 22 heavy (non-hydrogen) atoms. The van der Waals surface area contributed by atoms with Crippen LogP contribution >= 0.6 is 0 Å². The molecule has 1 heterocycles. The summed E-state index contributed by atoms with van der Waals surface area (Å²) in [6.07, 6.45) is 4.75. The molecule has 0 aliphatic rings. The lowest BCUT2D eigenvalue weighted by molar-refractivity contribution is 0.0528. The third-order valence-electron chi connectivity index (χ3n) is 3.98. The average molecular weight is 299 g/mol. The van der Waals surface area contributed by atoms with Crippen LogP contribution in [-0.4, -0.2) is 17.6 Å². The predicted molar refractivity (Wildman–Crippen MR) is 90.3 cm³/mol. The molecule has 0 saturated heterocycles. The Morgan fingerprint density at radius 2 is 2.00 bits per heavy atom. The summed E-state index contributed by atoms with van der Waals surface area (Å²) in [5, 5.41) is 0.866. The van der Waals surface area contributed by atoms with Gasteiger partial charge in [0.25, 0.3) is 0 Å². The van der Waals surface area contributed by atoms with Gasteiger partial charge in [-0.15, -0.1) is 0 Å². The topological polar surface area (TPSA) is 39.2 Å². The highest BCUT2D eigenvalue weighted by atomic mass is 16.5. The number of nitrogens with zero attached hydrogens (tertiary/aromatic N) is 1. The first kappa shape index (κ1) is 16.5. The number of rotatable bonds is 7. The number of pyridine rings is 1. The van der Waals surface area contributed by atoms with Crippen LogP contribution in [0.25, 0.3) is 10.9 Å². The average Bonchev–Trinajstić information content (AvgIpc) is 2.54. The lowest BCUT2D eigenvalue weighted by atomic mass is 9.96. The maximum Gasteiger partial charge on any atom is 0.338 e. The highest BCUT2D eigenvalue weighted by Crippen LogP contribution is 2.26. The van der Waals surface area contributed by atoms with E-state index in [1.807, 2.05) is 37.3 Å². The van der Waals surface area contributed by atoms with Crippen LogP contribution in [0, 0.1) is 0 Å². The second kappa shape index (κ2) is 7.92. The summed E-state index contributed by atoms with van der Waals surface area (Å²) in [6.45, 7) is 6.60. The van der Waals surface area contributed by atoms with Crippen LogP contribution in [0.1, 0.15) is 68.4 Å². The first-order valence-electron chi connectivity index (χ1n) is 8.24. The summed E-state index contributed by atoms with van der Waals surface area (Å²) >= 11 is 0. The second-order valence-corrected chi connectivity index (χ2v) is 5.73. The van der Waals surface area contributed by atoms with Crippen molar-refractivity contribution in [2.75, 3.05) is 6.61 Å². The number of fused-ring (bicyclic) bond motifs is 1. The van der Waals surface area contributed by atoms with E-state index in [1.165, 1.54) is 19.3 Å². The molecule has 0 aliphatic heterocycles. The molecule has 118 valence electrons.